The third-order valence-corrected chi connectivity index (χ3v) is 16.1. The van der Waals surface area contributed by atoms with Crippen molar-refractivity contribution in [1.29, 1.82) is 0 Å². The Labute approximate surface area is 319 Å². The number of aliphatic hydroxyl groups is 2. The Hall–Kier alpha value is -4.52. The third kappa shape index (κ3) is 7.43. The van der Waals surface area contributed by atoms with Gasteiger partial charge in [-0.1, -0.05) is 26.8 Å². The van der Waals surface area contributed by atoms with Gasteiger partial charge >= 0.3 is 23.9 Å². The van der Waals surface area contributed by atoms with Crippen LogP contribution >= 0.6 is 0 Å². The van der Waals surface area contributed by atoms with Gasteiger partial charge in [0.1, 0.15) is 41.4 Å². The molecule has 4 aliphatic rings. The zero-order valence-corrected chi connectivity index (χ0v) is 33.3. The van der Waals surface area contributed by atoms with Gasteiger partial charge in [0.05, 0.1) is 24.3 Å². The van der Waals surface area contributed by atoms with Crippen LogP contribution in [0.25, 0.3) is 0 Å². The molecule has 0 radical (unpaired) electrons. The van der Waals surface area contributed by atoms with Gasteiger partial charge in [-0.2, -0.15) is 0 Å². The van der Waals surface area contributed by atoms with E-state index in [1.54, 1.807) is 6.08 Å². The lowest BCUT2D eigenvalue weighted by molar-refractivity contribution is -0.207. The van der Waals surface area contributed by atoms with Gasteiger partial charge in [-0.15, -0.1) is 0 Å². The molecule has 2 aliphatic carbocycles. The van der Waals surface area contributed by atoms with Crippen molar-refractivity contribution in [3.05, 3.63) is 35.1 Å². The highest BCUT2D eigenvalue weighted by Gasteiger charge is 2.74. The summed E-state index contributed by atoms with van der Waals surface area (Å²) in [7, 11) is -0.595. The number of likely N-dealkylation sites (N-methyl/N-ethyl adjacent to an activating group) is 1. The quantitative estimate of drug-likeness (QED) is 0.114. The van der Waals surface area contributed by atoms with Gasteiger partial charge in [0.2, 0.25) is 11.8 Å². The first-order chi connectivity index (χ1) is 25.5. The maximum absolute atomic E-state index is 14.0. The zero-order valence-electron chi connectivity index (χ0n) is 32.3. The average Bonchev–Trinajstić information content (AvgIpc) is 3.43. The number of carboxylic acids is 2. The average molecular weight is 790 g/mol. The zero-order chi connectivity index (χ0) is 41.0. The number of amides is 2. The number of hydrogen-bond donors (Lipinski definition) is 6. The van der Waals surface area contributed by atoms with Gasteiger partial charge in [-0.05, 0) is 76.1 Å². The number of esters is 2. The fourth-order valence-electron chi connectivity index (χ4n) is 7.84. The van der Waals surface area contributed by atoms with E-state index in [1.807, 2.05) is 24.1 Å². The van der Waals surface area contributed by atoms with Crippen molar-refractivity contribution in [2.24, 2.45) is 0 Å². The van der Waals surface area contributed by atoms with Gasteiger partial charge < -0.3 is 49.7 Å². The number of carbonyl (C=O) groups is 6. The molecule has 6 N–H and O–H groups in total. The highest BCUT2D eigenvalue weighted by atomic mass is 28.4. The summed E-state index contributed by atoms with van der Waals surface area (Å²) in [5.74, 6) is -6.08. The molecule has 0 saturated carbocycles. The highest BCUT2D eigenvalue weighted by molar-refractivity contribution is 6.74. The molecule has 1 aromatic rings. The molecule has 55 heavy (non-hydrogen) atoms. The van der Waals surface area contributed by atoms with E-state index in [1.165, 1.54) is 0 Å². The molecule has 17 nitrogen and oxygen atoms in total. The van der Waals surface area contributed by atoms with E-state index in [2.05, 4.69) is 44.5 Å². The second kappa shape index (κ2) is 14.9. The summed E-state index contributed by atoms with van der Waals surface area (Å²) in [4.78, 5) is 77.9. The summed E-state index contributed by atoms with van der Waals surface area (Å²) in [6, 6.07) is -0.103. The molecule has 18 heteroatoms. The van der Waals surface area contributed by atoms with Crippen LogP contribution < -0.4 is 19.8 Å². The molecule has 2 heterocycles. The SMILES string of the molecule is C[C@H](O)C(=O)N[C@@H](CC(=O)OC1=CC[C@@]2(OC(=O)C[C@H](NC(=O)[C@H](C)O)C(=O)O)[C@H]3Cc4ccc(O[Si](C)(C)C(C)(C)C)c5c4[C@@]2(CCN3C)[C@H]1O5)C(=O)O. The van der Waals surface area contributed by atoms with Crippen molar-refractivity contribution >= 4 is 44.0 Å². The topological polar surface area (TPSA) is 248 Å². The normalized spacial score (nSPS) is 26.1. The second-order valence-corrected chi connectivity index (χ2v) is 21.1. The predicted octanol–water partition coefficient (Wildman–Crippen LogP) is 1.12. The Morgan fingerprint density at radius 3 is 2.05 bits per heavy atom. The number of piperidine rings is 1. The van der Waals surface area contributed by atoms with Crippen LogP contribution in [0.1, 0.15) is 71.4 Å². The number of nitrogens with zero attached hydrogens (tertiary/aromatic N) is 1. The van der Waals surface area contributed by atoms with Crippen LogP contribution in [-0.4, -0.2) is 125 Å². The van der Waals surface area contributed by atoms with Crippen LogP contribution in [0.4, 0.5) is 0 Å². The molecule has 2 aliphatic heterocycles. The fraction of sp³-hybridized carbons (Fsp3) is 0.622. The third-order valence-electron chi connectivity index (χ3n) is 11.7. The lowest BCUT2D eigenvalue weighted by atomic mass is 9.50. The van der Waals surface area contributed by atoms with Crippen molar-refractivity contribution in [2.75, 3.05) is 13.6 Å². The number of aliphatic hydroxyl groups excluding tert-OH is 2. The second-order valence-electron chi connectivity index (χ2n) is 16.4. The van der Waals surface area contributed by atoms with Gasteiger partial charge in [0.25, 0.3) is 8.32 Å². The van der Waals surface area contributed by atoms with Crippen molar-refractivity contribution in [2.45, 2.75) is 132 Å². The molecule has 302 valence electrons. The van der Waals surface area contributed by atoms with Gasteiger partial charge in [0.15, 0.2) is 11.9 Å². The Bertz CT molecular complexity index is 1800. The number of carbonyl (C=O) groups excluding carboxylic acids is 4. The molecular formula is C37H51N3O14Si. The number of ether oxygens (including phenoxy) is 3. The van der Waals surface area contributed by atoms with Crippen LogP contribution in [0.2, 0.25) is 18.1 Å². The Balaban J connectivity index is 1.60. The summed E-state index contributed by atoms with van der Waals surface area (Å²) in [6.07, 6.45) is -3.47. The fourth-order valence-corrected chi connectivity index (χ4v) is 8.86. The van der Waals surface area contributed by atoms with E-state index in [4.69, 9.17) is 18.6 Å². The predicted molar refractivity (Wildman–Crippen MR) is 194 cm³/mol. The monoisotopic (exact) mass is 789 g/mol. The Kier molecular flexibility index (Phi) is 11.2. The van der Waals surface area contributed by atoms with E-state index >= 15 is 0 Å². The van der Waals surface area contributed by atoms with Crippen LogP contribution in [0.5, 0.6) is 11.5 Å². The Morgan fingerprint density at radius 2 is 1.53 bits per heavy atom. The number of carboxylic acid groups (broad SMARTS) is 2. The van der Waals surface area contributed by atoms with Crippen LogP contribution in [0, 0.1) is 0 Å². The van der Waals surface area contributed by atoms with E-state index in [0.29, 0.717) is 36.4 Å². The van der Waals surface area contributed by atoms with Crippen LogP contribution in [0.15, 0.2) is 24.0 Å². The molecule has 2 amide bonds. The minimum atomic E-state index is -2.48. The molecule has 0 unspecified atom stereocenters. The van der Waals surface area contributed by atoms with Gasteiger partial charge in [-0.25, -0.2) is 9.59 Å². The molecule has 8 atom stereocenters. The minimum absolute atomic E-state index is 0.0265. The number of aliphatic carboxylic acids is 2. The summed E-state index contributed by atoms with van der Waals surface area (Å²) >= 11 is 0. The molecule has 1 spiro atoms. The molecule has 5 rings (SSSR count). The Morgan fingerprint density at radius 1 is 0.964 bits per heavy atom. The maximum Gasteiger partial charge on any atom is 0.326 e. The summed E-state index contributed by atoms with van der Waals surface area (Å²) < 4.78 is 26.0. The molecule has 0 aromatic heterocycles. The van der Waals surface area contributed by atoms with E-state index in [9.17, 15) is 49.2 Å². The summed E-state index contributed by atoms with van der Waals surface area (Å²) in [5.41, 5.74) is -1.04. The lowest BCUT2D eigenvalue weighted by Crippen LogP contribution is -2.75. The molecule has 1 saturated heterocycles. The molecule has 1 fully saturated rings. The maximum atomic E-state index is 14.0. The van der Waals surface area contributed by atoms with Crippen LogP contribution in [0.3, 0.4) is 0 Å². The number of hydrogen-bond acceptors (Lipinski definition) is 13. The molecule has 2 bridgehead atoms. The smallest absolute Gasteiger partial charge is 0.326 e. The van der Waals surface area contributed by atoms with Gasteiger partial charge in [0, 0.05) is 12.0 Å². The number of benzene rings is 1. The first-order valence-corrected chi connectivity index (χ1v) is 21.1. The van der Waals surface area contributed by atoms with Gasteiger partial charge in [-0.3, -0.25) is 24.1 Å². The summed E-state index contributed by atoms with van der Waals surface area (Å²) in [6.45, 7) is 13.2. The van der Waals surface area contributed by atoms with E-state index < -0.39 is 104 Å². The summed E-state index contributed by atoms with van der Waals surface area (Å²) in [5, 5.41) is 43.0. The van der Waals surface area contributed by atoms with Crippen molar-refractivity contribution in [1.82, 2.24) is 15.5 Å². The standard InChI is InChI=1S/C37H51N3O14Si/c1-18(41)31(45)38-21(33(47)48)16-26(43)51-24-11-12-37(53-27(44)17-22(34(49)50)39-32(46)19(2)42)25-15-20-9-10-23(54-55(7,8)35(3,4)5)29-28(20)36(37,30(24)52-29)13-14-40(25)6/h9-11,18-19,21-22,25,30,41-42H,12-17H2,1-8H3,(H,38,45)(H,39,46)(H,47,48)(H,49,50)/t18-,19-,21-,22-,25+,30-,36-,37+/m0/s1. The van der Waals surface area contributed by atoms with E-state index in [0.717, 1.165) is 19.4 Å². The molecule has 1 aromatic carbocycles. The van der Waals surface area contributed by atoms with E-state index in [-0.39, 0.29) is 17.2 Å². The number of rotatable bonds is 14. The highest BCUT2D eigenvalue weighted by Crippen LogP contribution is 2.67. The van der Waals surface area contributed by atoms with Crippen molar-refractivity contribution < 1.29 is 67.8 Å². The largest absolute Gasteiger partial charge is 0.541 e. The lowest BCUT2D eigenvalue weighted by Gasteiger charge is -2.62. The van der Waals surface area contributed by atoms with Crippen LogP contribution in [-0.2, 0) is 50.1 Å². The first-order valence-electron chi connectivity index (χ1n) is 18.2. The minimum Gasteiger partial charge on any atom is -0.541 e. The number of nitrogens with one attached hydrogen (secondary N) is 2. The van der Waals surface area contributed by atoms with Crippen molar-refractivity contribution in [3.8, 4) is 11.5 Å². The van der Waals surface area contributed by atoms with Crippen molar-refractivity contribution in [3.63, 3.8) is 0 Å². The molecular weight excluding hydrogens is 738 g/mol. The number of likely N-dealkylation sites (tertiary alicyclic amines) is 1. The first kappa shape index (κ1) is 41.6.